The number of hydrogen-bond acceptors (Lipinski definition) is 4. The lowest BCUT2D eigenvalue weighted by Gasteiger charge is -2.13. The number of aryl methyl sites for hydroxylation is 1. The van der Waals surface area contributed by atoms with E-state index in [-0.39, 0.29) is 18.4 Å². The molecule has 0 aliphatic carbocycles. The molecule has 0 aromatic heterocycles. The minimum absolute atomic E-state index is 0.243. The summed E-state index contributed by atoms with van der Waals surface area (Å²) < 4.78 is 10.9. The van der Waals surface area contributed by atoms with Gasteiger partial charge in [-0.05, 0) is 48.9 Å². The van der Waals surface area contributed by atoms with E-state index in [4.69, 9.17) is 9.47 Å². The number of nitrogens with one attached hydrogen (secondary N) is 2. The molecule has 148 valence electrons. The van der Waals surface area contributed by atoms with Crippen LogP contribution in [0.25, 0.3) is 0 Å². The fraction of sp³-hybridized carbons (Fsp3) is 0.130. The zero-order chi connectivity index (χ0) is 20.6. The second-order valence-electron chi connectivity index (χ2n) is 6.36. The summed E-state index contributed by atoms with van der Waals surface area (Å²) in [4.78, 5) is 24.9. The summed E-state index contributed by atoms with van der Waals surface area (Å²) in [6.45, 7) is 1.68. The van der Waals surface area contributed by atoms with E-state index in [1.54, 1.807) is 49.6 Å². The van der Waals surface area contributed by atoms with E-state index in [1.165, 1.54) is 0 Å². The molecule has 6 nitrogen and oxygen atoms in total. The molecular weight excluding hydrogens is 368 g/mol. The number of rotatable bonds is 7. The highest BCUT2D eigenvalue weighted by molar-refractivity contribution is 6.06. The summed E-state index contributed by atoms with van der Waals surface area (Å²) in [7, 11) is 1.54. The third-order valence-corrected chi connectivity index (χ3v) is 4.15. The number of benzene rings is 3. The molecular formula is C23H22N2O4. The van der Waals surface area contributed by atoms with Crippen molar-refractivity contribution in [2.24, 2.45) is 0 Å². The minimum Gasteiger partial charge on any atom is -0.495 e. The van der Waals surface area contributed by atoms with Gasteiger partial charge in [-0.15, -0.1) is 0 Å². The van der Waals surface area contributed by atoms with E-state index in [0.29, 0.717) is 28.4 Å². The molecule has 0 saturated heterocycles. The molecule has 0 atom stereocenters. The Morgan fingerprint density at radius 2 is 1.59 bits per heavy atom. The van der Waals surface area contributed by atoms with Crippen molar-refractivity contribution in [1.82, 2.24) is 0 Å². The highest BCUT2D eigenvalue weighted by Crippen LogP contribution is 2.25. The van der Waals surface area contributed by atoms with Gasteiger partial charge in [-0.25, -0.2) is 0 Å². The summed E-state index contributed by atoms with van der Waals surface area (Å²) >= 11 is 0. The Morgan fingerprint density at radius 1 is 0.862 bits per heavy atom. The number of carbonyl (C=O) groups excluding carboxylic acids is 2. The second-order valence-corrected chi connectivity index (χ2v) is 6.36. The van der Waals surface area contributed by atoms with Crippen LogP contribution in [0.3, 0.4) is 0 Å². The van der Waals surface area contributed by atoms with Gasteiger partial charge in [0.05, 0.1) is 18.4 Å². The molecule has 29 heavy (non-hydrogen) atoms. The van der Waals surface area contributed by atoms with Crippen molar-refractivity contribution >= 4 is 23.2 Å². The maximum atomic E-state index is 12.6. The van der Waals surface area contributed by atoms with Crippen LogP contribution in [0, 0.1) is 6.92 Å². The SMILES string of the molecule is COc1ccc(C)cc1NC(=O)COc1ccccc1C(=O)Nc1ccccc1. The number of carbonyl (C=O) groups is 2. The van der Waals surface area contributed by atoms with Crippen LogP contribution in [0.15, 0.2) is 72.8 Å². The molecule has 3 rings (SSSR count). The lowest BCUT2D eigenvalue weighted by atomic mass is 10.2. The molecule has 0 saturated carbocycles. The van der Waals surface area contributed by atoms with Crippen molar-refractivity contribution in [2.45, 2.75) is 6.92 Å². The van der Waals surface area contributed by atoms with Gasteiger partial charge in [0, 0.05) is 5.69 Å². The Hall–Kier alpha value is -3.80. The van der Waals surface area contributed by atoms with Crippen LogP contribution in [0.1, 0.15) is 15.9 Å². The van der Waals surface area contributed by atoms with Crippen molar-refractivity contribution in [2.75, 3.05) is 24.4 Å². The molecule has 0 aliphatic rings. The van der Waals surface area contributed by atoms with Gasteiger partial charge < -0.3 is 20.1 Å². The van der Waals surface area contributed by atoms with Crippen molar-refractivity contribution in [3.05, 3.63) is 83.9 Å². The fourth-order valence-corrected chi connectivity index (χ4v) is 2.75. The topological polar surface area (TPSA) is 76.7 Å². The summed E-state index contributed by atoms with van der Waals surface area (Å²) in [6.07, 6.45) is 0. The Kier molecular flexibility index (Phi) is 6.47. The maximum Gasteiger partial charge on any atom is 0.262 e. The van der Waals surface area contributed by atoms with Gasteiger partial charge in [-0.2, -0.15) is 0 Å². The van der Waals surface area contributed by atoms with Crippen LogP contribution >= 0.6 is 0 Å². The predicted molar refractivity (Wildman–Crippen MR) is 113 cm³/mol. The maximum absolute atomic E-state index is 12.6. The highest BCUT2D eigenvalue weighted by Gasteiger charge is 2.14. The van der Waals surface area contributed by atoms with Gasteiger partial charge >= 0.3 is 0 Å². The molecule has 2 amide bonds. The van der Waals surface area contributed by atoms with E-state index >= 15 is 0 Å². The molecule has 0 fully saturated rings. The molecule has 0 radical (unpaired) electrons. The number of hydrogen-bond donors (Lipinski definition) is 2. The number of para-hydroxylation sites is 2. The van der Waals surface area contributed by atoms with Crippen molar-refractivity contribution in [1.29, 1.82) is 0 Å². The van der Waals surface area contributed by atoms with Crippen LogP contribution < -0.4 is 20.1 Å². The Labute approximate surface area is 169 Å². The zero-order valence-corrected chi connectivity index (χ0v) is 16.3. The number of ether oxygens (including phenoxy) is 2. The van der Waals surface area contributed by atoms with Gasteiger partial charge in [0.2, 0.25) is 0 Å². The number of methoxy groups -OCH3 is 1. The first-order valence-corrected chi connectivity index (χ1v) is 9.09. The average Bonchev–Trinajstić information content (AvgIpc) is 2.73. The van der Waals surface area contributed by atoms with E-state index in [1.807, 2.05) is 37.3 Å². The molecule has 0 spiro atoms. The smallest absolute Gasteiger partial charge is 0.262 e. The van der Waals surface area contributed by atoms with E-state index < -0.39 is 0 Å². The number of amides is 2. The number of anilines is 2. The van der Waals surface area contributed by atoms with Crippen LogP contribution in [0.5, 0.6) is 11.5 Å². The van der Waals surface area contributed by atoms with Gasteiger partial charge in [0.15, 0.2) is 6.61 Å². The van der Waals surface area contributed by atoms with Gasteiger partial charge in [-0.1, -0.05) is 36.4 Å². The normalized spacial score (nSPS) is 10.1. The molecule has 0 aliphatic heterocycles. The quantitative estimate of drug-likeness (QED) is 0.632. The van der Waals surface area contributed by atoms with Crippen LogP contribution in [-0.2, 0) is 4.79 Å². The summed E-state index contributed by atoms with van der Waals surface area (Å²) in [5, 5.41) is 5.58. The first-order chi connectivity index (χ1) is 14.1. The van der Waals surface area contributed by atoms with Crippen molar-refractivity contribution in [3.8, 4) is 11.5 Å². The third-order valence-electron chi connectivity index (χ3n) is 4.15. The molecule has 2 N–H and O–H groups in total. The van der Waals surface area contributed by atoms with Crippen molar-refractivity contribution in [3.63, 3.8) is 0 Å². The first kappa shape index (κ1) is 19.9. The van der Waals surface area contributed by atoms with Crippen LogP contribution in [0.2, 0.25) is 0 Å². The zero-order valence-electron chi connectivity index (χ0n) is 16.3. The van der Waals surface area contributed by atoms with Gasteiger partial charge in [0.25, 0.3) is 11.8 Å². The molecule has 3 aromatic rings. The highest BCUT2D eigenvalue weighted by atomic mass is 16.5. The molecule has 0 unspecified atom stereocenters. The van der Waals surface area contributed by atoms with Gasteiger partial charge in [-0.3, -0.25) is 9.59 Å². The third kappa shape index (κ3) is 5.35. The Balaban J connectivity index is 1.66. The summed E-state index contributed by atoms with van der Waals surface area (Å²) in [6, 6.07) is 21.4. The van der Waals surface area contributed by atoms with E-state index in [0.717, 1.165) is 5.56 Å². The van der Waals surface area contributed by atoms with E-state index in [2.05, 4.69) is 10.6 Å². The van der Waals surface area contributed by atoms with Crippen LogP contribution in [-0.4, -0.2) is 25.5 Å². The standard InChI is InChI=1S/C23H22N2O4/c1-16-12-13-21(28-2)19(14-16)25-22(26)15-29-20-11-7-6-10-18(20)23(27)24-17-8-4-3-5-9-17/h3-14H,15H2,1-2H3,(H,24,27)(H,25,26). The Bertz CT molecular complexity index is 1000. The first-order valence-electron chi connectivity index (χ1n) is 9.09. The summed E-state index contributed by atoms with van der Waals surface area (Å²) in [5.74, 6) is 0.221. The largest absolute Gasteiger partial charge is 0.495 e. The fourth-order valence-electron chi connectivity index (χ4n) is 2.75. The summed E-state index contributed by atoms with van der Waals surface area (Å²) in [5.41, 5.74) is 2.58. The van der Waals surface area contributed by atoms with E-state index in [9.17, 15) is 9.59 Å². The van der Waals surface area contributed by atoms with Gasteiger partial charge in [0.1, 0.15) is 11.5 Å². The van der Waals surface area contributed by atoms with Crippen LogP contribution in [0.4, 0.5) is 11.4 Å². The molecule has 3 aromatic carbocycles. The molecule has 0 bridgehead atoms. The monoisotopic (exact) mass is 390 g/mol. The molecule has 0 heterocycles. The Morgan fingerprint density at radius 3 is 2.34 bits per heavy atom. The lowest BCUT2D eigenvalue weighted by molar-refractivity contribution is -0.118. The predicted octanol–water partition coefficient (Wildman–Crippen LogP) is 4.27. The van der Waals surface area contributed by atoms with Crippen molar-refractivity contribution < 1.29 is 19.1 Å². The lowest BCUT2D eigenvalue weighted by Crippen LogP contribution is -2.22. The molecule has 6 heteroatoms. The average molecular weight is 390 g/mol. The second kappa shape index (κ2) is 9.41. The minimum atomic E-state index is -0.354.